The molecule has 0 saturated heterocycles. The largest absolute Gasteiger partial charge is 0.546 e. The van der Waals surface area contributed by atoms with Crippen molar-refractivity contribution in [1.82, 2.24) is 10.2 Å². The van der Waals surface area contributed by atoms with Gasteiger partial charge in [0.2, 0.25) is 0 Å². The summed E-state index contributed by atoms with van der Waals surface area (Å²) in [5, 5.41) is 10.8. The molecule has 0 spiro atoms. The second-order valence-electron chi connectivity index (χ2n) is 3.97. The summed E-state index contributed by atoms with van der Waals surface area (Å²) < 4.78 is 0. The summed E-state index contributed by atoms with van der Waals surface area (Å²) in [4.78, 5) is 14.3. The van der Waals surface area contributed by atoms with Gasteiger partial charge in [0.25, 0.3) is 0 Å². The maximum Gasteiger partial charge on any atom is 0.546 e. The van der Waals surface area contributed by atoms with Crippen molar-refractivity contribution in [3.8, 4) is 0 Å². The topological polar surface area (TPSA) is 60.1 Å². The lowest BCUT2D eigenvalue weighted by molar-refractivity contribution is -0.493. The van der Waals surface area contributed by atoms with Crippen LogP contribution in [-0.4, -0.2) is 35.8 Å². The number of carbonyl (C=O) groups excluding carboxylic acids is 1. The van der Waals surface area contributed by atoms with E-state index in [-0.39, 0.29) is 6.03 Å². The van der Waals surface area contributed by atoms with Crippen LogP contribution in [0.3, 0.4) is 0 Å². The van der Waals surface area contributed by atoms with Gasteiger partial charge in [0.1, 0.15) is 5.69 Å². The number of rotatable bonds is 1. The van der Waals surface area contributed by atoms with E-state index in [9.17, 15) is 4.79 Å². The first kappa shape index (κ1) is 11.3. The SMILES string of the molecule is Cc1ccc(N=[N+]2N=C(N(C)C)NC2=O)cc1. The smallest absolute Gasteiger partial charge is 0.326 e. The fourth-order valence-electron chi connectivity index (χ4n) is 1.30. The molecule has 0 unspecified atom stereocenters. The first-order chi connectivity index (χ1) is 8.06. The minimum absolute atomic E-state index is 0.353. The van der Waals surface area contributed by atoms with Gasteiger partial charge in [-0.15, -0.1) is 0 Å². The number of urea groups is 1. The molecule has 0 fully saturated rings. The van der Waals surface area contributed by atoms with E-state index in [1.807, 2.05) is 31.2 Å². The third-order valence-electron chi connectivity index (χ3n) is 2.26. The van der Waals surface area contributed by atoms with Crippen molar-refractivity contribution >= 4 is 17.7 Å². The van der Waals surface area contributed by atoms with Crippen LogP contribution in [0.2, 0.25) is 0 Å². The summed E-state index contributed by atoms with van der Waals surface area (Å²) in [5.41, 5.74) is 1.84. The number of hydrogen-bond acceptors (Lipinski definition) is 3. The maximum atomic E-state index is 11.5. The van der Waals surface area contributed by atoms with Crippen LogP contribution < -0.4 is 5.32 Å². The number of benzene rings is 1. The first-order valence-electron chi connectivity index (χ1n) is 5.21. The molecule has 6 nitrogen and oxygen atoms in total. The molecule has 2 rings (SSSR count). The molecule has 0 saturated carbocycles. The summed E-state index contributed by atoms with van der Waals surface area (Å²) in [7, 11) is 3.60. The van der Waals surface area contributed by atoms with E-state index in [1.54, 1.807) is 19.0 Å². The molecule has 88 valence electrons. The Balaban J connectivity index is 2.28. The fourth-order valence-corrected chi connectivity index (χ4v) is 1.30. The van der Waals surface area contributed by atoms with Crippen molar-refractivity contribution in [2.45, 2.75) is 6.92 Å². The maximum absolute atomic E-state index is 11.5. The molecule has 17 heavy (non-hydrogen) atoms. The van der Waals surface area contributed by atoms with E-state index < -0.39 is 0 Å². The summed E-state index contributed by atoms with van der Waals surface area (Å²) in [5.74, 6) is 0.478. The van der Waals surface area contributed by atoms with Crippen molar-refractivity contribution in [3.05, 3.63) is 29.8 Å². The molecule has 6 heteroatoms. The van der Waals surface area contributed by atoms with Gasteiger partial charge in [-0.1, -0.05) is 22.8 Å². The minimum atomic E-state index is -0.353. The molecule has 1 aliphatic rings. The van der Waals surface area contributed by atoms with Gasteiger partial charge < -0.3 is 4.90 Å². The van der Waals surface area contributed by atoms with Crippen molar-refractivity contribution in [3.63, 3.8) is 0 Å². The lowest BCUT2D eigenvalue weighted by Gasteiger charge is -2.02. The van der Waals surface area contributed by atoms with Crippen molar-refractivity contribution in [2.24, 2.45) is 10.2 Å². The lowest BCUT2D eigenvalue weighted by atomic mass is 10.2. The highest BCUT2D eigenvalue weighted by Crippen LogP contribution is 2.13. The molecule has 1 aliphatic heterocycles. The molecule has 1 aromatic rings. The van der Waals surface area contributed by atoms with Crippen LogP contribution >= 0.6 is 0 Å². The Labute approximate surface area is 99.2 Å². The number of hydrazone groups is 1. The van der Waals surface area contributed by atoms with Crippen LogP contribution in [0.1, 0.15) is 5.56 Å². The van der Waals surface area contributed by atoms with E-state index in [2.05, 4.69) is 15.5 Å². The number of amides is 2. The normalized spacial score (nSPS) is 17.0. The van der Waals surface area contributed by atoms with Gasteiger partial charge in [0, 0.05) is 24.0 Å². The third-order valence-corrected chi connectivity index (χ3v) is 2.26. The van der Waals surface area contributed by atoms with Gasteiger partial charge >= 0.3 is 12.0 Å². The van der Waals surface area contributed by atoms with Gasteiger partial charge in [-0.2, -0.15) is 10.1 Å². The molecule has 0 radical (unpaired) electrons. The quantitative estimate of drug-likeness (QED) is 0.748. The van der Waals surface area contributed by atoms with Crippen molar-refractivity contribution < 1.29 is 9.60 Å². The number of nitrogens with one attached hydrogen (secondary N) is 1. The Bertz CT molecular complexity index is 501. The summed E-state index contributed by atoms with van der Waals surface area (Å²) >= 11 is 0. The highest BCUT2D eigenvalue weighted by molar-refractivity contribution is 5.95. The number of carbonyl (C=O) groups is 1. The van der Waals surface area contributed by atoms with E-state index in [0.717, 1.165) is 10.4 Å². The second kappa shape index (κ2) is 4.32. The number of aryl methyl sites for hydroxylation is 1. The van der Waals surface area contributed by atoms with E-state index in [0.29, 0.717) is 11.6 Å². The van der Waals surface area contributed by atoms with Crippen LogP contribution in [0, 0.1) is 6.92 Å². The van der Waals surface area contributed by atoms with E-state index in [1.165, 1.54) is 0 Å². The molecule has 0 atom stereocenters. The molecular formula is C11H14N5O+. The average Bonchev–Trinajstić information content (AvgIpc) is 2.64. The van der Waals surface area contributed by atoms with Gasteiger partial charge in [0.05, 0.1) is 0 Å². The first-order valence-corrected chi connectivity index (χ1v) is 5.21. The van der Waals surface area contributed by atoms with Gasteiger partial charge in [0.15, 0.2) is 0 Å². The van der Waals surface area contributed by atoms with Crippen molar-refractivity contribution in [2.75, 3.05) is 14.1 Å². The van der Waals surface area contributed by atoms with Gasteiger partial charge in [-0.25, -0.2) is 0 Å². The summed E-state index contributed by atoms with van der Waals surface area (Å²) in [6.45, 7) is 1.99. The molecule has 0 aromatic heterocycles. The standard InChI is InChI=1S/C11H13N5O/c1-8-4-6-9(7-5-8)13-16-11(17)12-10(14-16)15(2)3/h4-7H,1-3H3/p+1. The molecule has 1 aromatic carbocycles. The molecule has 1 heterocycles. The van der Waals surface area contributed by atoms with Crippen LogP contribution in [0.4, 0.5) is 10.5 Å². The zero-order chi connectivity index (χ0) is 12.4. The number of hydrogen-bond donors (Lipinski definition) is 1. The highest BCUT2D eigenvalue weighted by Gasteiger charge is 2.32. The average molecular weight is 232 g/mol. The van der Waals surface area contributed by atoms with E-state index in [4.69, 9.17) is 0 Å². The van der Waals surface area contributed by atoms with Crippen LogP contribution in [-0.2, 0) is 0 Å². The highest BCUT2D eigenvalue weighted by atomic mass is 16.2. The molecular weight excluding hydrogens is 218 g/mol. The van der Waals surface area contributed by atoms with Gasteiger partial charge in [-0.05, 0) is 19.1 Å². The summed E-state index contributed by atoms with van der Waals surface area (Å²) in [6, 6.07) is 7.19. The molecule has 0 bridgehead atoms. The Morgan fingerprint density at radius 3 is 2.47 bits per heavy atom. The Hall–Kier alpha value is -2.24. The number of nitrogens with zero attached hydrogens (tertiary/aromatic N) is 4. The van der Waals surface area contributed by atoms with Crippen LogP contribution in [0.15, 0.2) is 34.5 Å². The predicted molar refractivity (Wildman–Crippen MR) is 63.2 cm³/mol. The number of azo groups is 1. The predicted octanol–water partition coefficient (Wildman–Crippen LogP) is 1.65. The Kier molecular flexibility index (Phi) is 2.86. The molecule has 2 amide bonds. The monoisotopic (exact) mass is 232 g/mol. The summed E-state index contributed by atoms with van der Waals surface area (Å²) in [6.07, 6.45) is 0. The second-order valence-corrected chi connectivity index (χ2v) is 3.97. The fraction of sp³-hybridized carbons (Fsp3) is 0.273. The van der Waals surface area contributed by atoms with Crippen LogP contribution in [0.5, 0.6) is 0 Å². The van der Waals surface area contributed by atoms with Gasteiger partial charge in [-0.3, -0.25) is 0 Å². The number of guanidine groups is 1. The molecule has 1 N–H and O–H groups in total. The molecule has 0 aliphatic carbocycles. The van der Waals surface area contributed by atoms with Crippen LogP contribution in [0.25, 0.3) is 0 Å². The lowest BCUT2D eigenvalue weighted by Crippen LogP contribution is -2.35. The van der Waals surface area contributed by atoms with Crippen molar-refractivity contribution in [1.29, 1.82) is 0 Å². The Morgan fingerprint density at radius 1 is 1.29 bits per heavy atom. The Morgan fingerprint density at radius 2 is 1.94 bits per heavy atom. The zero-order valence-corrected chi connectivity index (χ0v) is 10.0. The van der Waals surface area contributed by atoms with E-state index >= 15 is 0 Å². The third kappa shape index (κ3) is 2.47. The zero-order valence-electron chi connectivity index (χ0n) is 10.0. The minimum Gasteiger partial charge on any atom is -0.326 e.